The smallest absolute Gasteiger partial charge is 0.268 e. The third-order valence-electron chi connectivity index (χ3n) is 2.84. The number of hydrogen-bond donors (Lipinski definition) is 2. The maximum Gasteiger partial charge on any atom is 0.268 e. The Morgan fingerprint density at radius 2 is 1.65 bits per heavy atom. The fourth-order valence-corrected chi connectivity index (χ4v) is 1.91. The standard InChI is InChI=1S/C15H14N4O/c20-15-11-14(16-12-7-3-1-4-8-12)18-19(15)17-13-9-5-2-6-10-13/h1-10,17H,11H2,(H,16,18). The Morgan fingerprint density at radius 1 is 1.00 bits per heavy atom. The molecule has 5 heteroatoms. The average molecular weight is 266 g/mol. The largest absolute Gasteiger partial charge is 0.277 e. The van der Waals surface area contributed by atoms with E-state index in [-0.39, 0.29) is 12.3 Å². The zero-order chi connectivity index (χ0) is 13.8. The van der Waals surface area contributed by atoms with Gasteiger partial charge in [0.2, 0.25) is 0 Å². The number of hydrogen-bond acceptors (Lipinski definition) is 3. The zero-order valence-electron chi connectivity index (χ0n) is 10.8. The van der Waals surface area contributed by atoms with Crippen molar-refractivity contribution in [2.24, 2.45) is 4.99 Å². The third-order valence-corrected chi connectivity index (χ3v) is 2.84. The molecule has 1 saturated heterocycles. The summed E-state index contributed by atoms with van der Waals surface area (Å²) in [4.78, 5) is 16.3. The summed E-state index contributed by atoms with van der Waals surface area (Å²) in [5.41, 5.74) is 7.62. The zero-order valence-corrected chi connectivity index (χ0v) is 10.8. The monoisotopic (exact) mass is 266 g/mol. The second-order valence-corrected chi connectivity index (χ2v) is 4.39. The maximum atomic E-state index is 11.9. The molecule has 5 nitrogen and oxygen atoms in total. The molecule has 2 N–H and O–H groups in total. The first-order valence-corrected chi connectivity index (χ1v) is 6.35. The van der Waals surface area contributed by atoms with Crippen LogP contribution in [0.25, 0.3) is 0 Å². The van der Waals surface area contributed by atoms with E-state index in [2.05, 4.69) is 15.8 Å². The predicted octanol–water partition coefficient (Wildman–Crippen LogP) is 2.48. The molecule has 2 aromatic rings. The number of nitrogens with zero attached hydrogens (tertiary/aromatic N) is 2. The highest BCUT2D eigenvalue weighted by molar-refractivity contribution is 6.06. The fourth-order valence-electron chi connectivity index (χ4n) is 1.91. The van der Waals surface area contributed by atoms with Crippen LogP contribution in [-0.4, -0.2) is 16.9 Å². The van der Waals surface area contributed by atoms with Gasteiger partial charge in [-0.3, -0.25) is 15.6 Å². The van der Waals surface area contributed by atoms with Crippen LogP contribution in [0, 0.1) is 0 Å². The van der Waals surface area contributed by atoms with Gasteiger partial charge in [-0.1, -0.05) is 36.4 Å². The minimum Gasteiger partial charge on any atom is -0.277 e. The van der Waals surface area contributed by atoms with Crippen LogP contribution in [0.4, 0.5) is 11.4 Å². The van der Waals surface area contributed by atoms with Gasteiger partial charge in [0, 0.05) is 0 Å². The number of nitrogens with one attached hydrogen (secondary N) is 2. The summed E-state index contributed by atoms with van der Waals surface area (Å²) in [7, 11) is 0. The lowest BCUT2D eigenvalue weighted by Crippen LogP contribution is -2.40. The quantitative estimate of drug-likeness (QED) is 0.897. The molecule has 0 saturated carbocycles. The lowest BCUT2D eigenvalue weighted by atomic mass is 10.3. The molecule has 20 heavy (non-hydrogen) atoms. The van der Waals surface area contributed by atoms with Crippen molar-refractivity contribution >= 4 is 23.1 Å². The number of anilines is 1. The fraction of sp³-hybridized carbons (Fsp3) is 0.0667. The Labute approximate surface area is 116 Å². The topological polar surface area (TPSA) is 56.7 Å². The van der Waals surface area contributed by atoms with Crippen LogP contribution >= 0.6 is 0 Å². The molecule has 0 atom stereocenters. The third kappa shape index (κ3) is 2.77. The molecule has 0 spiro atoms. The van der Waals surface area contributed by atoms with E-state index in [4.69, 9.17) is 0 Å². The second-order valence-electron chi connectivity index (χ2n) is 4.39. The van der Waals surface area contributed by atoms with Gasteiger partial charge in [0.15, 0.2) is 0 Å². The molecule has 0 unspecified atom stereocenters. The minimum atomic E-state index is -0.0662. The Morgan fingerprint density at radius 3 is 2.35 bits per heavy atom. The van der Waals surface area contributed by atoms with E-state index in [1.807, 2.05) is 60.7 Å². The van der Waals surface area contributed by atoms with Crippen molar-refractivity contribution in [1.29, 1.82) is 0 Å². The molecule has 1 aliphatic rings. The molecule has 0 aliphatic carbocycles. The molecule has 1 heterocycles. The Balaban J connectivity index is 1.71. The number of amides is 1. The van der Waals surface area contributed by atoms with Crippen molar-refractivity contribution in [2.45, 2.75) is 6.42 Å². The second kappa shape index (κ2) is 5.44. The molecule has 1 fully saturated rings. The van der Waals surface area contributed by atoms with Crippen LogP contribution in [0.3, 0.4) is 0 Å². The normalized spacial score (nSPS) is 16.3. The molecule has 2 aromatic carbocycles. The summed E-state index contributed by atoms with van der Waals surface area (Å²) in [5.74, 6) is 0.563. The van der Waals surface area contributed by atoms with Crippen molar-refractivity contribution in [3.8, 4) is 0 Å². The van der Waals surface area contributed by atoms with E-state index in [0.29, 0.717) is 5.84 Å². The lowest BCUT2D eigenvalue weighted by Gasteiger charge is -2.17. The molecular formula is C15H14N4O. The first-order chi connectivity index (χ1) is 9.81. The van der Waals surface area contributed by atoms with Gasteiger partial charge in [0.1, 0.15) is 5.84 Å². The highest BCUT2D eigenvalue weighted by Gasteiger charge is 2.25. The van der Waals surface area contributed by atoms with Crippen LogP contribution in [0.15, 0.2) is 65.7 Å². The van der Waals surface area contributed by atoms with Crippen molar-refractivity contribution in [3.63, 3.8) is 0 Å². The van der Waals surface area contributed by atoms with Crippen LogP contribution in [-0.2, 0) is 4.79 Å². The molecule has 0 aromatic heterocycles. The van der Waals surface area contributed by atoms with E-state index in [0.717, 1.165) is 11.4 Å². The van der Waals surface area contributed by atoms with Crippen molar-refractivity contribution in [2.75, 3.05) is 5.43 Å². The van der Waals surface area contributed by atoms with Crippen LogP contribution in [0.1, 0.15) is 6.42 Å². The van der Waals surface area contributed by atoms with E-state index < -0.39 is 0 Å². The summed E-state index contributed by atoms with van der Waals surface area (Å²) >= 11 is 0. The van der Waals surface area contributed by atoms with Gasteiger partial charge >= 0.3 is 0 Å². The molecule has 3 rings (SSSR count). The van der Waals surface area contributed by atoms with Crippen molar-refractivity contribution < 1.29 is 4.79 Å². The van der Waals surface area contributed by atoms with E-state index in [1.54, 1.807) is 0 Å². The van der Waals surface area contributed by atoms with Crippen LogP contribution in [0.5, 0.6) is 0 Å². The molecule has 1 amide bonds. The summed E-state index contributed by atoms with van der Waals surface area (Å²) in [6, 6.07) is 19.1. The molecule has 100 valence electrons. The Bertz CT molecular complexity index is 625. The summed E-state index contributed by atoms with van der Waals surface area (Å²) in [5, 5.41) is 1.36. The number of aliphatic imine (C=N–C) groups is 1. The molecule has 0 radical (unpaired) electrons. The predicted molar refractivity (Wildman–Crippen MR) is 78.2 cm³/mol. The Kier molecular flexibility index (Phi) is 3.33. The lowest BCUT2D eigenvalue weighted by molar-refractivity contribution is -0.128. The van der Waals surface area contributed by atoms with Crippen molar-refractivity contribution in [3.05, 3.63) is 60.7 Å². The molecule has 1 aliphatic heterocycles. The van der Waals surface area contributed by atoms with E-state index in [1.165, 1.54) is 5.12 Å². The highest BCUT2D eigenvalue weighted by Crippen LogP contribution is 2.14. The number of carbonyl (C=O) groups is 1. The number of rotatable bonds is 3. The number of carbonyl (C=O) groups excluding carboxylic acids is 1. The summed E-state index contributed by atoms with van der Waals surface area (Å²) in [6.45, 7) is 0. The number of benzene rings is 2. The van der Waals surface area contributed by atoms with E-state index >= 15 is 0 Å². The van der Waals surface area contributed by atoms with E-state index in [9.17, 15) is 4.79 Å². The van der Waals surface area contributed by atoms with Gasteiger partial charge in [0.25, 0.3) is 5.91 Å². The van der Waals surface area contributed by atoms with Crippen molar-refractivity contribution in [1.82, 2.24) is 10.5 Å². The molecule has 0 bridgehead atoms. The van der Waals surface area contributed by atoms with Crippen LogP contribution < -0.4 is 10.9 Å². The van der Waals surface area contributed by atoms with Gasteiger partial charge in [-0.25, -0.2) is 4.99 Å². The summed E-state index contributed by atoms with van der Waals surface area (Å²) in [6.07, 6.45) is 0.259. The van der Waals surface area contributed by atoms with Gasteiger partial charge < -0.3 is 0 Å². The minimum absolute atomic E-state index is 0.0662. The number of para-hydroxylation sites is 2. The van der Waals surface area contributed by atoms with Gasteiger partial charge in [-0.15, -0.1) is 0 Å². The van der Waals surface area contributed by atoms with Gasteiger partial charge in [-0.05, 0) is 24.3 Å². The first-order valence-electron chi connectivity index (χ1n) is 6.35. The SMILES string of the molecule is O=C1CC(=Nc2ccccc2)NN1Nc1ccccc1. The van der Waals surface area contributed by atoms with Crippen LogP contribution in [0.2, 0.25) is 0 Å². The Hall–Kier alpha value is -2.82. The number of hydrazine groups is 2. The van der Waals surface area contributed by atoms with Gasteiger partial charge in [0.05, 0.1) is 17.8 Å². The summed E-state index contributed by atoms with van der Waals surface area (Å²) < 4.78 is 0. The number of amidine groups is 1. The molecular weight excluding hydrogens is 252 g/mol. The maximum absolute atomic E-state index is 11.9. The highest BCUT2D eigenvalue weighted by atomic mass is 16.2. The average Bonchev–Trinajstić information content (AvgIpc) is 2.81. The first kappa shape index (κ1) is 12.2. The van der Waals surface area contributed by atoms with Gasteiger partial charge in [-0.2, -0.15) is 5.12 Å².